The monoisotopic (exact) mass is 351 g/mol. The molecule has 1 N–H and O–H groups in total. The molecule has 0 spiro atoms. The number of alkyl carbamates (subject to hydrolysis) is 1. The van der Waals surface area contributed by atoms with Crippen molar-refractivity contribution in [1.82, 2.24) is 5.32 Å². The van der Waals surface area contributed by atoms with Crippen LogP contribution in [0.5, 0.6) is 0 Å². The van der Waals surface area contributed by atoms with Gasteiger partial charge >= 0.3 is 12.1 Å². The maximum absolute atomic E-state index is 12.1. The van der Waals surface area contributed by atoms with E-state index in [9.17, 15) is 9.59 Å². The number of hydrogen-bond acceptors (Lipinski definition) is 4. The molecule has 0 saturated carbocycles. The zero-order valence-corrected chi connectivity index (χ0v) is 14.8. The smallest absolute Gasteiger partial charge is 0.408 e. The maximum atomic E-state index is 12.1. The van der Waals surface area contributed by atoms with Crippen LogP contribution in [0.3, 0.4) is 0 Å². The molecule has 0 heterocycles. The van der Waals surface area contributed by atoms with E-state index in [0.29, 0.717) is 6.42 Å². The summed E-state index contributed by atoms with van der Waals surface area (Å²) in [5.74, 6) is -0.440. The summed E-state index contributed by atoms with van der Waals surface area (Å²) in [5, 5.41) is 3.33. The first-order valence-electron chi connectivity index (χ1n) is 6.73. The normalized spacial score (nSPS) is 13.6. The van der Waals surface area contributed by atoms with Gasteiger partial charge in [0.05, 0.1) is 0 Å². The fourth-order valence-electron chi connectivity index (χ4n) is 1.35. The standard InChI is InChI=1S/C14H26BrNO4/c1-13(2,3)19-11(17)10(8-7-9-15)16-12(18)20-14(4,5)6/h10H,7-9H2,1-6H3,(H,16,18)/t10-/m1/s1. The van der Waals surface area contributed by atoms with Gasteiger partial charge in [-0.25, -0.2) is 9.59 Å². The lowest BCUT2D eigenvalue weighted by Gasteiger charge is -2.26. The highest BCUT2D eigenvalue weighted by molar-refractivity contribution is 9.09. The Labute approximate surface area is 129 Å². The molecule has 0 aliphatic carbocycles. The molecular formula is C14H26BrNO4. The number of halogens is 1. The number of carbonyl (C=O) groups excluding carboxylic acids is 2. The fraction of sp³-hybridized carbons (Fsp3) is 0.857. The number of esters is 1. The molecule has 0 aromatic carbocycles. The van der Waals surface area contributed by atoms with Crippen molar-refractivity contribution in [2.75, 3.05) is 5.33 Å². The number of alkyl halides is 1. The fourth-order valence-corrected chi connectivity index (χ4v) is 1.68. The number of carbonyl (C=O) groups is 2. The molecule has 0 unspecified atom stereocenters. The van der Waals surface area contributed by atoms with Crippen LogP contribution in [0.15, 0.2) is 0 Å². The molecule has 0 aromatic rings. The zero-order chi connectivity index (χ0) is 16.0. The Balaban J connectivity index is 4.63. The number of amides is 1. The van der Waals surface area contributed by atoms with Gasteiger partial charge in [-0.05, 0) is 54.4 Å². The third-order valence-corrected chi connectivity index (χ3v) is 2.57. The highest BCUT2D eigenvalue weighted by atomic mass is 79.9. The SMILES string of the molecule is CC(C)(C)OC(=O)N[C@H](CCCBr)C(=O)OC(C)(C)C. The Hall–Kier alpha value is -0.780. The van der Waals surface area contributed by atoms with E-state index < -0.39 is 29.3 Å². The lowest BCUT2D eigenvalue weighted by atomic mass is 10.1. The van der Waals surface area contributed by atoms with E-state index in [2.05, 4.69) is 21.2 Å². The summed E-state index contributed by atoms with van der Waals surface area (Å²) in [6.07, 6.45) is 0.641. The van der Waals surface area contributed by atoms with Crippen molar-refractivity contribution in [3.63, 3.8) is 0 Å². The van der Waals surface area contributed by atoms with Crippen LogP contribution in [0, 0.1) is 0 Å². The van der Waals surface area contributed by atoms with Gasteiger partial charge in [0.1, 0.15) is 17.2 Å². The van der Waals surface area contributed by atoms with Crippen molar-refractivity contribution in [2.45, 2.75) is 71.6 Å². The van der Waals surface area contributed by atoms with E-state index in [4.69, 9.17) is 9.47 Å². The first-order valence-corrected chi connectivity index (χ1v) is 7.85. The van der Waals surface area contributed by atoms with Crippen LogP contribution in [0.4, 0.5) is 4.79 Å². The number of nitrogens with one attached hydrogen (secondary N) is 1. The van der Waals surface area contributed by atoms with E-state index in [1.54, 1.807) is 41.5 Å². The minimum Gasteiger partial charge on any atom is -0.458 e. The Morgan fingerprint density at radius 3 is 1.95 bits per heavy atom. The molecule has 118 valence electrons. The molecule has 0 radical (unpaired) electrons. The zero-order valence-electron chi connectivity index (χ0n) is 13.2. The van der Waals surface area contributed by atoms with Gasteiger partial charge in [-0.3, -0.25) is 0 Å². The molecule has 0 aromatic heterocycles. The second kappa shape index (κ2) is 7.86. The summed E-state index contributed by atoms with van der Waals surface area (Å²) in [5.41, 5.74) is -1.18. The van der Waals surface area contributed by atoms with Crippen molar-refractivity contribution < 1.29 is 19.1 Å². The Morgan fingerprint density at radius 1 is 1.05 bits per heavy atom. The molecule has 0 saturated heterocycles. The minimum atomic E-state index is -0.693. The van der Waals surface area contributed by atoms with Crippen molar-refractivity contribution in [3.8, 4) is 0 Å². The lowest BCUT2D eigenvalue weighted by Crippen LogP contribution is -2.46. The molecule has 1 amide bonds. The van der Waals surface area contributed by atoms with E-state index in [-0.39, 0.29) is 0 Å². The van der Waals surface area contributed by atoms with Crippen LogP contribution in [0.25, 0.3) is 0 Å². The average molecular weight is 352 g/mol. The van der Waals surface area contributed by atoms with Crippen LogP contribution in [-0.4, -0.2) is 34.6 Å². The topological polar surface area (TPSA) is 64.6 Å². The molecule has 0 aliphatic heterocycles. The second-order valence-corrected chi connectivity index (χ2v) is 7.36. The summed E-state index contributed by atoms with van der Waals surface area (Å²) in [4.78, 5) is 23.8. The van der Waals surface area contributed by atoms with Gasteiger partial charge in [0.15, 0.2) is 0 Å². The van der Waals surface area contributed by atoms with Gasteiger partial charge < -0.3 is 14.8 Å². The summed E-state index contributed by atoms with van der Waals surface area (Å²) in [7, 11) is 0. The second-order valence-electron chi connectivity index (χ2n) is 6.56. The summed E-state index contributed by atoms with van der Waals surface area (Å²) in [6, 6.07) is -0.693. The van der Waals surface area contributed by atoms with Crippen molar-refractivity contribution >= 4 is 28.0 Å². The molecule has 1 atom stereocenters. The van der Waals surface area contributed by atoms with Gasteiger partial charge in [-0.2, -0.15) is 0 Å². The van der Waals surface area contributed by atoms with E-state index in [1.807, 2.05) is 0 Å². The number of hydrogen-bond donors (Lipinski definition) is 1. The molecular weight excluding hydrogens is 326 g/mol. The first-order chi connectivity index (χ1) is 8.94. The minimum absolute atomic E-state index is 0.440. The van der Waals surface area contributed by atoms with Gasteiger partial charge in [0.2, 0.25) is 0 Å². The predicted molar refractivity (Wildman–Crippen MR) is 82.0 cm³/mol. The quantitative estimate of drug-likeness (QED) is 0.608. The van der Waals surface area contributed by atoms with Gasteiger partial charge in [-0.1, -0.05) is 15.9 Å². The van der Waals surface area contributed by atoms with Crippen molar-refractivity contribution in [1.29, 1.82) is 0 Å². The molecule has 0 bridgehead atoms. The van der Waals surface area contributed by atoms with Gasteiger partial charge in [0, 0.05) is 5.33 Å². The number of ether oxygens (including phenoxy) is 2. The largest absolute Gasteiger partial charge is 0.458 e. The van der Waals surface area contributed by atoms with Crippen molar-refractivity contribution in [3.05, 3.63) is 0 Å². The van der Waals surface area contributed by atoms with Crippen LogP contribution < -0.4 is 5.32 Å². The molecule has 6 heteroatoms. The molecule has 0 aliphatic rings. The highest BCUT2D eigenvalue weighted by Gasteiger charge is 2.28. The lowest BCUT2D eigenvalue weighted by molar-refractivity contribution is -0.157. The summed E-state index contributed by atoms with van der Waals surface area (Å²) < 4.78 is 10.5. The third-order valence-electron chi connectivity index (χ3n) is 2.01. The van der Waals surface area contributed by atoms with Crippen molar-refractivity contribution in [2.24, 2.45) is 0 Å². The summed E-state index contributed by atoms with van der Waals surface area (Å²) in [6.45, 7) is 10.7. The van der Waals surface area contributed by atoms with Crippen LogP contribution >= 0.6 is 15.9 Å². The van der Waals surface area contributed by atoms with Crippen LogP contribution in [-0.2, 0) is 14.3 Å². The molecule has 20 heavy (non-hydrogen) atoms. The highest BCUT2D eigenvalue weighted by Crippen LogP contribution is 2.12. The molecule has 5 nitrogen and oxygen atoms in total. The first kappa shape index (κ1) is 19.2. The Morgan fingerprint density at radius 2 is 1.55 bits per heavy atom. The molecule has 0 rings (SSSR count). The third kappa shape index (κ3) is 10.1. The number of rotatable bonds is 5. The Kier molecular flexibility index (Phi) is 7.55. The van der Waals surface area contributed by atoms with Gasteiger partial charge in [-0.15, -0.1) is 0 Å². The molecule has 0 fully saturated rings. The van der Waals surface area contributed by atoms with Gasteiger partial charge in [0.25, 0.3) is 0 Å². The summed E-state index contributed by atoms with van der Waals surface area (Å²) >= 11 is 3.31. The Bertz CT molecular complexity index is 331. The van der Waals surface area contributed by atoms with Crippen LogP contribution in [0.2, 0.25) is 0 Å². The van der Waals surface area contributed by atoms with E-state index in [0.717, 1.165) is 11.8 Å². The predicted octanol–water partition coefficient (Wildman–Crippen LogP) is 3.40. The van der Waals surface area contributed by atoms with E-state index in [1.165, 1.54) is 0 Å². The van der Waals surface area contributed by atoms with E-state index >= 15 is 0 Å². The maximum Gasteiger partial charge on any atom is 0.408 e. The van der Waals surface area contributed by atoms with Crippen LogP contribution in [0.1, 0.15) is 54.4 Å². The average Bonchev–Trinajstić information content (AvgIpc) is 2.18.